The molecule has 0 aliphatic heterocycles. The average Bonchev–Trinajstić information content (AvgIpc) is 2.58. The van der Waals surface area contributed by atoms with Crippen LogP contribution in [0.15, 0.2) is 24.3 Å². The molecule has 0 fully saturated rings. The van der Waals surface area contributed by atoms with Gasteiger partial charge in [-0.15, -0.1) is 0 Å². The first-order valence-corrected chi connectivity index (χ1v) is 7.38. The maximum absolute atomic E-state index is 2.37. The summed E-state index contributed by atoms with van der Waals surface area (Å²) in [6.45, 7) is 11.2. The first-order chi connectivity index (χ1) is 9.32. The van der Waals surface area contributed by atoms with Crippen LogP contribution in [0.1, 0.15) is 48.9 Å². The Morgan fingerprint density at radius 1 is 1.00 bits per heavy atom. The quantitative estimate of drug-likeness (QED) is 0.552. The van der Waals surface area contributed by atoms with E-state index in [4.69, 9.17) is 0 Å². The predicted molar refractivity (Wildman–Crippen MR) is 88.5 cm³/mol. The number of nitrogens with zero attached hydrogens (tertiary/aromatic N) is 1. The van der Waals surface area contributed by atoms with Crippen molar-refractivity contribution in [3.05, 3.63) is 46.5 Å². The van der Waals surface area contributed by atoms with E-state index in [1.165, 1.54) is 39.1 Å². The maximum Gasteiger partial charge on any atom is 0.180 e. The second kappa shape index (κ2) is 5.40. The third kappa shape index (κ3) is 2.49. The molecule has 0 aromatic heterocycles. The molecule has 0 spiro atoms. The van der Waals surface area contributed by atoms with Crippen molar-refractivity contribution in [1.29, 1.82) is 0 Å². The summed E-state index contributed by atoms with van der Waals surface area (Å²) in [7, 11) is 4.22. The third-order valence-corrected chi connectivity index (χ3v) is 4.28. The molecule has 0 aromatic carbocycles. The van der Waals surface area contributed by atoms with Gasteiger partial charge >= 0.3 is 0 Å². The van der Waals surface area contributed by atoms with Gasteiger partial charge < -0.3 is 0 Å². The zero-order valence-electron chi connectivity index (χ0n) is 13.8. The second-order valence-corrected chi connectivity index (χ2v) is 6.32. The molecule has 2 aliphatic carbocycles. The molecular weight excluding hydrogens is 242 g/mol. The Hall–Kier alpha value is -1.63. The molecule has 0 atom stereocenters. The minimum absolute atomic E-state index is 0.557. The number of hydrogen-bond acceptors (Lipinski definition) is 0. The van der Waals surface area contributed by atoms with Crippen molar-refractivity contribution in [2.45, 2.75) is 40.5 Å². The molecular formula is C19H26N+. The van der Waals surface area contributed by atoms with Gasteiger partial charge in [-0.25, -0.2) is 4.58 Å². The highest BCUT2D eigenvalue weighted by Crippen LogP contribution is 2.36. The summed E-state index contributed by atoms with van der Waals surface area (Å²) in [6.07, 6.45) is 0. The topological polar surface area (TPSA) is 3.01 Å². The molecule has 1 nitrogen and oxygen atoms in total. The van der Waals surface area contributed by atoms with Crippen molar-refractivity contribution < 1.29 is 4.58 Å². The van der Waals surface area contributed by atoms with E-state index in [2.05, 4.69) is 77.6 Å². The highest BCUT2D eigenvalue weighted by molar-refractivity contribution is 6.04. The lowest BCUT2D eigenvalue weighted by atomic mass is 9.99. The van der Waals surface area contributed by atoms with Gasteiger partial charge in [-0.05, 0) is 53.6 Å². The van der Waals surface area contributed by atoms with E-state index in [1.54, 1.807) is 0 Å². The zero-order chi connectivity index (χ0) is 15.0. The van der Waals surface area contributed by atoms with Crippen LogP contribution in [0.4, 0.5) is 0 Å². The van der Waals surface area contributed by atoms with Crippen molar-refractivity contribution in [2.24, 2.45) is 0 Å². The van der Waals surface area contributed by atoms with Gasteiger partial charge in [-0.1, -0.05) is 32.0 Å². The first-order valence-electron chi connectivity index (χ1n) is 7.38. The molecule has 0 bridgehead atoms. The minimum Gasteiger partial charge on any atom is -0.239 e. The molecule has 0 saturated carbocycles. The Morgan fingerprint density at radius 2 is 1.65 bits per heavy atom. The molecule has 0 saturated heterocycles. The van der Waals surface area contributed by atoms with Crippen LogP contribution in [0.5, 0.6) is 0 Å². The molecule has 0 amide bonds. The van der Waals surface area contributed by atoms with Gasteiger partial charge in [-0.3, -0.25) is 0 Å². The standard InChI is InChI=1S/C19H26N/c1-12(2)16-9-8-13(3)19-17(11-16)14(4)10-18(19)15(5)20(6)7/h8-12H,1-7H3/q+1. The summed E-state index contributed by atoms with van der Waals surface area (Å²) in [5.74, 6) is 0.557. The van der Waals surface area contributed by atoms with E-state index >= 15 is 0 Å². The number of hydrogen-bond donors (Lipinski definition) is 0. The molecule has 0 radical (unpaired) electrons. The Morgan fingerprint density at radius 3 is 2.20 bits per heavy atom. The van der Waals surface area contributed by atoms with Gasteiger partial charge in [0.05, 0.1) is 0 Å². The fourth-order valence-corrected chi connectivity index (χ4v) is 2.72. The van der Waals surface area contributed by atoms with Crippen LogP contribution < -0.4 is 0 Å². The summed E-state index contributed by atoms with van der Waals surface area (Å²) in [4.78, 5) is 0. The number of aryl methyl sites for hydroxylation is 2. The smallest absolute Gasteiger partial charge is 0.180 e. The van der Waals surface area contributed by atoms with E-state index in [1.807, 2.05) is 0 Å². The summed E-state index contributed by atoms with van der Waals surface area (Å²) < 4.78 is 2.20. The number of fused-ring (bicyclic) bond motifs is 1. The Kier molecular flexibility index (Phi) is 3.99. The fourth-order valence-electron chi connectivity index (χ4n) is 2.72. The van der Waals surface area contributed by atoms with Crippen molar-refractivity contribution in [2.75, 3.05) is 14.1 Å². The van der Waals surface area contributed by atoms with Gasteiger partial charge in [0, 0.05) is 12.5 Å². The molecule has 0 heterocycles. The molecule has 106 valence electrons. The van der Waals surface area contributed by atoms with Crippen LogP contribution in [0.25, 0.3) is 11.1 Å². The molecule has 0 aromatic rings. The average molecular weight is 268 g/mol. The van der Waals surface area contributed by atoms with Crippen LogP contribution in [-0.2, 0) is 0 Å². The summed E-state index contributed by atoms with van der Waals surface area (Å²) >= 11 is 0. The SMILES string of the molecule is CC(c1cc(C)c2cc(C(C)C)ccc(C)c1-2)=[N+](C)C. The van der Waals surface area contributed by atoms with Crippen molar-refractivity contribution >= 4 is 5.71 Å². The lowest BCUT2D eigenvalue weighted by Crippen LogP contribution is -2.10. The number of rotatable bonds is 2. The van der Waals surface area contributed by atoms with Gasteiger partial charge in [0.1, 0.15) is 14.1 Å². The zero-order valence-corrected chi connectivity index (χ0v) is 13.8. The first kappa shape index (κ1) is 14.8. The van der Waals surface area contributed by atoms with E-state index in [0.717, 1.165) is 0 Å². The molecule has 20 heavy (non-hydrogen) atoms. The molecule has 2 aliphatic rings. The second-order valence-electron chi connectivity index (χ2n) is 6.32. The van der Waals surface area contributed by atoms with Crippen molar-refractivity contribution in [3.8, 4) is 11.1 Å². The van der Waals surface area contributed by atoms with Gasteiger partial charge in [0.2, 0.25) is 0 Å². The monoisotopic (exact) mass is 268 g/mol. The predicted octanol–water partition coefficient (Wildman–Crippen LogP) is 4.61. The summed E-state index contributed by atoms with van der Waals surface area (Å²) in [6, 6.07) is 9.24. The van der Waals surface area contributed by atoms with Gasteiger partial charge in [0.15, 0.2) is 5.71 Å². The Labute approximate surface area is 123 Å². The van der Waals surface area contributed by atoms with Crippen LogP contribution >= 0.6 is 0 Å². The Balaban J connectivity index is 2.80. The van der Waals surface area contributed by atoms with E-state index in [0.29, 0.717) is 5.92 Å². The fraction of sp³-hybridized carbons (Fsp3) is 0.421. The van der Waals surface area contributed by atoms with Crippen LogP contribution in [0, 0.1) is 13.8 Å². The van der Waals surface area contributed by atoms with Crippen LogP contribution in [0.3, 0.4) is 0 Å². The largest absolute Gasteiger partial charge is 0.239 e. The minimum atomic E-state index is 0.557. The molecule has 2 rings (SSSR count). The molecule has 1 heteroatoms. The normalized spacial score (nSPS) is 11.2. The van der Waals surface area contributed by atoms with E-state index in [-0.39, 0.29) is 0 Å². The maximum atomic E-state index is 2.37. The van der Waals surface area contributed by atoms with E-state index < -0.39 is 0 Å². The van der Waals surface area contributed by atoms with Crippen molar-refractivity contribution in [3.63, 3.8) is 0 Å². The molecule has 0 N–H and O–H groups in total. The third-order valence-electron chi connectivity index (χ3n) is 4.28. The Bertz CT molecular complexity index is 643. The lowest BCUT2D eigenvalue weighted by molar-refractivity contribution is -0.464. The van der Waals surface area contributed by atoms with Gasteiger partial charge in [0.25, 0.3) is 0 Å². The van der Waals surface area contributed by atoms with Gasteiger partial charge in [-0.2, -0.15) is 0 Å². The van der Waals surface area contributed by atoms with Crippen molar-refractivity contribution in [1.82, 2.24) is 0 Å². The summed E-state index contributed by atoms with van der Waals surface area (Å²) in [5, 5.41) is 0. The lowest BCUT2D eigenvalue weighted by Gasteiger charge is -2.05. The highest BCUT2D eigenvalue weighted by Gasteiger charge is 2.20. The summed E-state index contributed by atoms with van der Waals surface area (Å²) in [5.41, 5.74) is 9.63. The molecule has 0 unspecified atom stereocenters. The van der Waals surface area contributed by atoms with Crippen LogP contribution in [-0.4, -0.2) is 24.4 Å². The highest BCUT2D eigenvalue weighted by atomic mass is 14.9. The van der Waals surface area contributed by atoms with Crippen LogP contribution in [0.2, 0.25) is 0 Å². The van der Waals surface area contributed by atoms with E-state index in [9.17, 15) is 0 Å².